The summed E-state index contributed by atoms with van der Waals surface area (Å²) in [5, 5.41) is 15.5. The van der Waals surface area contributed by atoms with Gasteiger partial charge in [0, 0.05) is 41.0 Å². The lowest BCUT2D eigenvalue weighted by Crippen LogP contribution is -2.24. The molecule has 0 radical (unpaired) electrons. The van der Waals surface area contributed by atoms with Gasteiger partial charge in [0.2, 0.25) is 0 Å². The van der Waals surface area contributed by atoms with Crippen LogP contribution in [0, 0.1) is 18.7 Å². The number of hydrogen-bond donors (Lipinski definition) is 2. The Balaban J connectivity index is 1.69. The number of benzene rings is 1. The SMILES string of the molecule is C=NC(=Nc1cc(C)n(PI)n1)/C(=C(\NCNc1ccc(SC)cc1F)c1cnn(C)c1)C1CC1. The first kappa shape index (κ1) is 25.8. The molecule has 2 N–H and O–H groups in total. The van der Waals surface area contributed by atoms with Crippen LogP contribution in [0.4, 0.5) is 15.9 Å². The maximum absolute atomic E-state index is 14.5. The zero-order chi connectivity index (χ0) is 24.9. The number of amidine groups is 1. The van der Waals surface area contributed by atoms with E-state index in [1.807, 2.05) is 43.0 Å². The summed E-state index contributed by atoms with van der Waals surface area (Å²) in [4.78, 5) is 9.96. The van der Waals surface area contributed by atoms with E-state index in [4.69, 9.17) is 4.99 Å². The number of anilines is 1. The predicted octanol–water partition coefficient (Wildman–Crippen LogP) is 5.79. The van der Waals surface area contributed by atoms with E-state index in [1.165, 1.54) is 17.8 Å². The molecule has 2 aromatic heterocycles. The number of aryl methyl sites for hydroxylation is 2. The van der Waals surface area contributed by atoms with E-state index in [0.29, 0.717) is 36.3 Å². The van der Waals surface area contributed by atoms with E-state index in [9.17, 15) is 4.39 Å². The van der Waals surface area contributed by atoms with Crippen molar-refractivity contribution in [1.29, 1.82) is 0 Å². The normalized spacial score (nSPS) is 14.9. The molecule has 0 aliphatic heterocycles. The summed E-state index contributed by atoms with van der Waals surface area (Å²) in [7, 11) is 1.87. The highest BCUT2D eigenvalue weighted by Crippen LogP contribution is 2.41. The van der Waals surface area contributed by atoms with Crippen LogP contribution in [0.15, 0.2) is 57.1 Å². The fourth-order valence-electron chi connectivity index (χ4n) is 3.66. The molecule has 1 aliphatic carbocycles. The van der Waals surface area contributed by atoms with Crippen molar-refractivity contribution in [2.45, 2.75) is 24.7 Å². The number of thioether (sulfide) groups is 1. The Morgan fingerprint density at radius 3 is 2.74 bits per heavy atom. The van der Waals surface area contributed by atoms with Gasteiger partial charge in [0.15, 0.2) is 11.7 Å². The fourth-order valence-corrected chi connectivity index (χ4v) is 5.88. The van der Waals surface area contributed by atoms with Crippen LogP contribution in [-0.4, -0.2) is 44.8 Å². The molecular formula is C23H27FIN8PS. The van der Waals surface area contributed by atoms with Crippen LogP contribution in [0.25, 0.3) is 5.70 Å². The summed E-state index contributed by atoms with van der Waals surface area (Å²) in [5.41, 5.74) is 4.21. The number of halogens is 2. The standard InChI is InChI=1S/C23H27FIN8PS/c1-14-9-20(31-33(14)34-25)30-23(26-2)21(15-5-6-15)22(16-11-29-32(3)12-16)28-13-27-19-8-7-17(35-4)10-18(19)24/h7-12,15,27-28,34H,2,5-6,13H2,1,3-4H3/b22-21-,30-23?. The highest BCUT2D eigenvalue weighted by atomic mass is 127. The molecule has 0 bridgehead atoms. The number of rotatable bonds is 10. The van der Waals surface area contributed by atoms with Crippen molar-refractivity contribution in [2.75, 3.05) is 18.2 Å². The van der Waals surface area contributed by atoms with Gasteiger partial charge in [-0.05, 0) is 78.9 Å². The summed E-state index contributed by atoms with van der Waals surface area (Å²) < 4.78 is 18.2. The number of aliphatic imine (C=N–C) groups is 2. The first-order valence-electron chi connectivity index (χ1n) is 11.0. The van der Waals surface area contributed by atoms with Crippen molar-refractivity contribution >= 4 is 69.9 Å². The number of hydrogen-bond acceptors (Lipinski definition) is 6. The average Bonchev–Trinajstić information content (AvgIpc) is 3.49. The van der Waals surface area contributed by atoms with E-state index >= 15 is 0 Å². The van der Waals surface area contributed by atoms with Crippen molar-refractivity contribution in [3.8, 4) is 0 Å². The first-order chi connectivity index (χ1) is 16.9. The van der Waals surface area contributed by atoms with Crippen molar-refractivity contribution in [1.82, 2.24) is 24.6 Å². The second kappa shape index (κ2) is 11.7. The van der Waals surface area contributed by atoms with E-state index in [-0.39, 0.29) is 5.82 Å². The van der Waals surface area contributed by atoms with Gasteiger partial charge in [-0.3, -0.25) is 4.68 Å². The summed E-state index contributed by atoms with van der Waals surface area (Å²) >= 11 is 3.80. The third kappa shape index (κ3) is 6.31. The molecular weight excluding hydrogens is 597 g/mol. The molecule has 1 aliphatic rings. The molecule has 1 aromatic carbocycles. The Morgan fingerprint density at radius 2 is 2.17 bits per heavy atom. The maximum Gasteiger partial charge on any atom is 0.176 e. The molecule has 1 fully saturated rings. The van der Waals surface area contributed by atoms with Crippen LogP contribution >= 0.6 is 40.2 Å². The summed E-state index contributed by atoms with van der Waals surface area (Å²) in [5.74, 6) is 1.15. The summed E-state index contributed by atoms with van der Waals surface area (Å²) in [6.45, 7) is 6.13. The minimum Gasteiger partial charge on any atom is -0.367 e. The maximum atomic E-state index is 14.5. The number of aromatic nitrogens is 4. The smallest absolute Gasteiger partial charge is 0.176 e. The Morgan fingerprint density at radius 1 is 1.37 bits per heavy atom. The third-order valence-electron chi connectivity index (χ3n) is 5.53. The summed E-state index contributed by atoms with van der Waals surface area (Å²) in [6, 6.07) is 7.13. The van der Waals surface area contributed by atoms with Gasteiger partial charge < -0.3 is 10.6 Å². The number of nitrogens with one attached hydrogen (secondary N) is 2. The van der Waals surface area contributed by atoms with E-state index in [1.54, 1.807) is 16.9 Å². The minimum atomic E-state index is -0.287. The molecule has 0 spiro atoms. The van der Waals surface area contributed by atoms with Crippen LogP contribution in [-0.2, 0) is 7.05 Å². The molecule has 4 rings (SSSR count). The largest absolute Gasteiger partial charge is 0.367 e. The van der Waals surface area contributed by atoms with Crippen molar-refractivity contribution in [2.24, 2.45) is 23.0 Å². The van der Waals surface area contributed by atoms with Crippen molar-refractivity contribution < 1.29 is 4.39 Å². The van der Waals surface area contributed by atoms with Gasteiger partial charge in [-0.15, -0.1) is 16.9 Å². The molecule has 1 saturated carbocycles. The lowest BCUT2D eigenvalue weighted by Gasteiger charge is -2.17. The molecule has 12 heteroatoms. The van der Waals surface area contributed by atoms with Crippen LogP contribution < -0.4 is 10.6 Å². The second-order valence-electron chi connectivity index (χ2n) is 8.08. The lowest BCUT2D eigenvalue weighted by molar-refractivity contribution is 0.626. The molecule has 3 aromatic rings. The highest BCUT2D eigenvalue weighted by Gasteiger charge is 2.33. The highest BCUT2D eigenvalue weighted by molar-refractivity contribution is 14.2. The Hall–Kier alpha value is -2.24. The van der Waals surface area contributed by atoms with Gasteiger partial charge in [0.1, 0.15) is 5.82 Å². The van der Waals surface area contributed by atoms with Crippen LogP contribution in [0.3, 0.4) is 0 Å². The number of nitrogens with zero attached hydrogens (tertiary/aromatic N) is 6. The Kier molecular flexibility index (Phi) is 8.61. The average molecular weight is 624 g/mol. The molecule has 35 heavy (non-hydrogen) atoms. The van der Waals surface area contributed by atoms with Crippen LogP contribution in [0.1, 0.15) is 24.1 Å². The topological polar surface area (TPSA) is 84.4 Å². The molecule has 8 nitrogen and oxygen atoms in total. The zero-order valence-electron chi connectivity index (χ0n) is 19.7. The van der Waals surface area contributed by atoms with Crippen LogP contribution in [0.5, 0.6) is 0 Å². The van der Waals surface area contributed by atoms with Gasteiger partial charge in [0.25, 0.3) is 0 Å². The predicted molar refractivity (Wildman–Crippen MR) is 154 cm³/mol. The molecule has 0 amide bonds. The first-order valence-corrected chi connectivity index (χ1v) is 16.3. The molecule has 2 heterocycles. The summed E-state index contributed by atoms with van der Waals surface area (Å²) in [6.07, 6.45) is 8.23. The minimum absolute atomic E-state index is 0.287. The Labute approximate surface area is 223 Å². The molecule has 184 valence electrons. The van der Waals surface area contributed by atoms with Gasteiger partial charge in [-0.25, -0.2) is 18.8 Å². The van der Waals surface area contributed by atoms with Crippen molar-refractivity contribution in [3.05, 3.63) is 59.3 Å². The van der Waals surface area contributed by atoms with E-state index in [0.717, 1.165) is 40.3 Å². The lowest BCUT2D eigenvalue weighted by atomic mass is 10.0. The third-order valence-corrected chi connectivity index (χ3v) is 8.24. The van der Waals surface area contributed by atoms with E-state index in [2.05, 4.69) is 54.6 Å². The fraction of sp³-hybridized carbons (Fsp3) is 0.304. The van der Waals surface area contributed by atoms with Crippen molar-refractivity contribution in [3.63, 3.8) is 0 Å². The molecule has 0 saturated heterocycles. The molecule has 1 unspecified atom stereocenters. The van der Waals surface area contributed by atoms with Gasteiger partial charge in [0.05, 0.1) is 30.6 Å². The molecule has 1 atom stereocenters. The quantitative estimate of drug-likeness (QED) is 0.0746. The van der Waals surface area contributed by atoms with E-state index < -0.39 is 0 Å². The van der Waals surface area contributed by atoms with Gasteiger partial charge in [-0.2, -0.15) is 5.10 Å². The monoisotopic (exact) mass is 624 g/mol. The van der Waals surface area contributed by atoms with Gasteiger partial charge >= 0.3 is 0 Å². The van der Waals surface area contributed by atoms with Crippen LogP contribution in [0.2, 0.25) is 0 Å². The van der Waals surface area contributed by atoms with Gasteiger partial charge in [-0.1, -0.05) is 0 Å². The zero-order valence-corrected chi connectivity index (χ0v) is 23.7. The Bertz CT molecular complexity index is 1280. The second-order valence-corrected chi connectivity index (χ2v) is 11.0.